The predicted octanol–water partition coefficient (Wildman–Crippen LogP) is 3.87. The fraction of sp³-hybridized carbons (Fsp3) is 0.263. The second kappa shape index (κ2) is 8.74. The van der Waals surface area contributed by atoms with Gasteiger partial charge in [0.2, 0.25) is 15.9 Å². The molecule has 0 aliphatic rings. The quantitative estimate of drug-likeness (QED) is 0.529. The van der Waals surface area contributed by atoms with Crippen molar-refractivity contribution < 1.29 is 13.2 Å². The number of imidazole rings is 1. The molecule has 154 valence electrons. The minimum Gasteiger partial charge on any atom is -0.325 e. The van der Waals surface area contributed by atoms with Gasteiger partial charge in [0.25, 0.3) is 0 Å². The van der Waals surface area contributed by atoms with Gasteiger partial charge in [0.05, 0.1) is 21.2 Å². The number of hydrogen-bond donors (Lipinski definition) is 2. The molecule has 1 aromatic heterocycles. The molecule has 0 bridgehead atoms. The summed E-state index contributed by atoms with van der Waals surface area (Å²) in [6.45, 7) is 4.61. The van der Waals surface area contributed by atoms with Crippen molar-refractivity contribution in [1.82, 2.24) is 9.55 Å². The van der Waals surface area contributed by atoms with Crippen molar-refractivity contribution in [1.29, 1.82) is 0 Å². The van der Waals surface area contributed by atoms with Gasteiger partial charge in [-0.05, 0) is 49.7 Å². The van der Waals surface area contributed by atoms with E-state index in [2.05, 4.69) is 21.8 Å². The lowest BCUT2D eigenvalue weighted by Gasteiger charge is -2.13. The molecule has 2 aromatic carbocycles. The molecule has 7 nitrogen and oxygen atoms in total. The molecular weight excluding hydrogens is 432 g/mol. The van der Waals surface area contributed by atoms with Crippen molar-refractivity contribution in [3.05, 3.63) is 47.5 Å². The number of fused-ring (bicyclic) bond motifs is 1. The maximum atomic E-state index is 12.6. The molecule has 3 rings (SSSR count). The highest BCUT2D eigenvalue weighted by Crippen LogP contribution is 2.29. The summed E-state index contributed by atoms with van der Waals surface area (Å²) >= 11 is 7.41. The van der Waals surface area contributed by atoms with Crippen LogP contribution in [0.15, 0.2) is 52.5 Å². The molecule has 0 aliphatic carbocycles. The largest absolute Gasteiger partial charge is 0.325 e. The molecular formula is C19H21ClN4O3S2. The number of amides is 1. The number of carbonyl (C=O) groups is 1. The summed E-state index contributed by atoms with van der Waals surface area (Å²) in [5, 5.41) is 8.75. The van der Waals surface area contributed by atoms with Gasteiger partial charge < -0.3 is 9.88 Å². The average Bonchev–Trinajstić information content (AvgIpc) is 2.97. The molecule has 1 unspecified atom stereocenters. The first-order valence-corrected chi connectivity index (χ1v) is 11.8. The number of primary sulfonamides is 1. The second-order valence-corrected chi connectivity index (χ2v) is 9.81. The van der Waals surface area contributed by atoms with E-state index in [1.165, 1.54) is 30.0 Å². The van der Waals surface area contributed by atoms with Crippen molar-refractivity contribution in [2.24, 2.45) is 5.14 Å². The van der Waals surface area contributed by atoms with Gasteiger partial charge >= 0.3 is 0 Å². The summed E-state index contributed by atoms with van der Waals surface area (Å²) < 4.78 is 25.1. The van der Waals surface area contributed by atoms with Crippen LogP contribution in [0, 0.1) is 0 Å². The van der Waals surface area contributed by atoms with Crippen molar-refractivity contribution in [2.75, 3.05) is 5.32 Å². The molecule has 0 saturated heterocycles. The van der Waals surface area contributed by atoms with Crippen LogP contribution < -0.4 is 10.5 Å². The van der Waals surface area contributed by atoms with Gasteiger partial charge in [0.1, 0.15) is 0 Å². The van der Waals surface area contributed by atoms with E-state index >= 15 is 0 Å². The van der Waals surface area contributed by atoms with E-state index in [0.29, 0.717) is 10.7 Å². The Bertz CT molecular complexity index is 1160. The molecule has 1 amide bonds. The molecule has 3 aromatic rings. The second-order valence-electron chi connectivity index (χ2n) is 6.50. The lowest BCUT2D eigenvalue weighted by Crippen LogP contribution is -2.23. The van der Waals surface area contributed by atoms with Crippen LogP contribution in [0.25, 0.3) is 11.0 Å². The minimum absolute atomic E-state index is 0.0581. The van der Waals surface area contributed by atoms with Crippen LogP contribution in [0.4, 0.5) is 5.69 Å². The third kappa shape index (κ3) is 5.11. The number of sulfonamides is 1. The van der Waals surface area contributed by atoms with Crippen molar-refractivity contribution >= 4 is 56.0 Å². The topological polar surface area (TPSA) is 107 Å². The van der Waals surface area contributed by atoms with Crippen LogP contribution in [-0.2, 0) is 21.4 Å². The number of anilines is 1. The first-order valence-electron chi connectivity index (χ1n) is 8.95. The standard InChI is InChI=1S/C19H21ClN4O3S2/c1-3-9-24-17-8-7-13(20)10-16(17)23-19(24)28-12(2)18(25)22-14-5-4-6-15(11-14)29(21,26)27/h4-8,10-12H,3,9H2,1-2H3,(H,22,25)(H2,21,26,27). The number of hydrogen-bond acceptors (Lipinski definition) is 5. The highest BCUT2D eigenvalue weighted by Gasteiger charge is 2.20. The van der Waals surface area contributed by atoms with Gasteiger partial charge in [-0.25, -0.2) is 18.5 Å². The number of aryl methyl sites for hydroxylation is 1. The van der Waals surface area contributed by atoms with Crippen molar-refractivity contribution in [2.45, 2.75) is 42.1 Å². The molecule has 3 N–H and O–H groups in total. The molecule has 10 heteroatoms. The van der Waals surface area contributed by atoms with Gasteiger partial charge in [-0.15, -0.1) is 0 Å². The van der Waals surface area contributed by atoms with Crippen LogP contribution in [0.5, 0.6) is 0 Å². The monoisotopic (exact) mass is 452 g/mol. The molecule has 0 radical (unpaired) electrons. The number of halogens is 1. The number of rotatable bonds is 7. The predicted molar refractivity (Wildman–Crippen MR) is 117 cm³/mol. The van der Waals surface area contributed by atoms with Crippen LogP contribution in [0.2, 0.25) is 5.02 Å². The SMILES string of the molecule is CCCn1c(SC(C)C(=O)Nc2cccc(S(N)(=O)=O)c2)nc2cc(Cl)ccc21. The Labute approximate surface area is 178 Å². The van der Waals surface area contributed by atoms with Crippen molar-refractivity contribution in [3.8, 4) is 0 Å². The number of benzene rings is 2. The van der Waals surface area contributed by atoms with E-state index in [0.717, 1.165) is 29.2 Å². The van der Waals surface area contributed by atoms with E-state index in [9.17, 15) is 13.2 Å². The summed E-state index contributed by atoms with van der Waals surface area (Å²) in [6, 6.07) is 11.4. The Hall–Kier alpha value is -2.07. The fourth-order valence-corrected chi connectivity index (χ4v) is 4.49. The molecule has 0 fully saturated rings. The number of thioether (sulfide) groups is 1. The Morgan fingerprint density at radius 2 is 2.07 bits per heavy atom. The number of nitrogens with zero attached hydrogens (tertiary/aromatic N) is 2. The molecule has 1 atom stereocenters. The Morgan fingerprint density at radius 3 is 2.76 bits per heavy atom. The van der Waals surface area contributed by atoms with E-state index in [1.54, 1.807) is 19.1 Å². The third-order valence-electron chi connectivity index (χ3n) is 4.20. The summed E-state index contributed by atoms with van der Waals surface area (Å²) in [7, 11) is -3.84. The van der Waals surface area contributed by atoms with Crippen LogP contribution in [-0.4, -0.2) is 29.1 Å². The van der Waals surface area contributed by atoms with Gasteiger partial charge in [-0.1, -0.05) is 36.4 Å². The zero-order chi connectivity index (χ0) is 21.2. The Morgan fingerprint density at radius 1 is 1.31 bits per heavy atom. The maximum absolute atomic E-state index is 12.6. The van der Waals surface area contributed by atoms with E-state index in [1.807, 2.05) is 12.1 Å². The first kappa shape index (κ1) is 21.6. The number of aromatic nitrogens is 2. The van der Waals surface area contributed by atoms with Gasteiger partial charge in [0.15, 0.2) is 5.16 Å². The van der Waals surface area contributed by atoms with Gasteiger partial charge in [-0.3, -0.25) is 4.79 Å². The molecule has 0 aliphatic heterocycles. The zero-order valence-corrected chi connectivity index (χ0v) is 18.3. The normalized spacial score (nSPS) is 12.8. The highest BCUT2D eigenvalue weighted by molar-refractivity contribution is 8.00. The van der Waals surface area contributed by atoms with Crippen LogP contribution >= 0.6 is 23.4 Å². The smallest absolute Gasteiger partial charge is 0.238 e. The fourth-order valence-electron chi connectivity index (χ4n) is 2.82. The van der Waals surface area contributed by atoms with E-state index in [4.69, 9.17) is 16.7 Å². The number of nitrogens with two attached hydrogens (primary N) is 1. The summed E-state index contributed by atoms with van der Waals surface area (Å²) in [6.07, 6.45) is 0.919. The minimum atomic E-state index is -3.84. The van der Waals surface area contributed by atoms with Crippen molar-refractivity contribution in [3.63, 3.8) is 0 Å². The van der Waals surface area contributed by atoms with E-state index < -0.39 is 15.3 Å². The highest BCUT2D eigenvalue weighted by atomic mass is 35.5. The molecule has 0 saturated carbocycles. The Balaban J connectivity index is 1.80. The van der Waals surface area contributed by atoms with Gasteiger partial charge in [-0.2, -0.15) is 0 Å². The molecule has 29 heavy (non-hydrogen) atoms. The summed E-state index contributed by atoms with van der Waals surface area (Å²) in [4.78, 5) is 17.2. The maximum Gasteiger partial charge on any atom is 0.238 e. The lowest BCUT2D eigenvalue weighted by molar-refractivity contribution is -0.115. The first-order chi connectivity index (χ1) is 13.7. The average molecular weight is 453 g/mol. The summed E-state index contributed by atoms with van der Waals surface area (Å²) in [5.74, 6) is -0.269. The lowest BCUT2D eigenvalue weighted by atomic mass is 10.3. The number of nitrogens with one attached hydrogen (secondary N) is 1. The molecule has 1 heterocycles. The van der Waals surface area contributed by atoms with E-state index in [-0.39, 0.29) is 10.8 Å². The zero-order valence-electron chi connectivity index (χ0n) is 15.9. The van der Waals surface area contributed by atoms with Crippen LogP contribution in [0.1, 0.15) is 20.3 Å². The van der Waals surface area contributed by atoms with Gasteiger partial charge in [0, 0.05) is 17.3 Å². The Kier molecular flexibility index (Phi) is 6.52. The third-order valence-corrected chi connectivity index (χ3v) is 6.44. The number of carbonyl (C=O) groups excluding carboxylic acids is 1. The van der Waals surface area contributed by atoms with Crippen LogP contribution in [0.3, 0.4) is 0 Å². The molecule has 0 spiro atoms. The summed E-state index contributed by atoms with van der Waals surface area (Å²) in [5.41, 5.74) is 2.11.